The first-order valence-corrected chi connectivity index (χ1v) is 12.7. The number of primary amides is 1. The van der Waals surface area contributed by atoms with Crippen LogP contribution in [-0.4, -0.2) is 34.6 Å². The fraction of sp³-hybridized carbons (Fsp3) is 0.167. The number of hydrogen-bond acceptors (Lipinski definition) is 7. The van der Waals surface area contributed by atoms with Crippen molar-refractivity contribution in [3.63, 3.8) is 0 Å². The zero-order valence-corrected chi connectivity index (χ0v) is 22.5. The lowest BCUT2D eigenvalue weighted by Gasteiger charge is -2.24. The van der Waals surface area contributed by atoms with Gasteiger partial charge < -0.3 is 15.2 Å². The fourth-order valence-electron chi connectivity index (χ4n) is 4.30. The zero-order chi connectivity index (χ0) is 28.8. The van der Waals surface area contributed by atoms with E-state index in [0.29, 0.717) is 27.3 Å². The molecule has 0 saturated heterocycles. The van der Waals surface area contributed by atoms with Gasteiger partial charge in [0.05, 0.1) is 18.2 Å². The molecule has 0 radical (unpaired) electrons. The lowest BCUT2D eigenvalue weighted by Crippen LogP contribution is -2.37. The van der Waals surface area contributed by atoms with Gasteiger partial charge in [0.1, 0.15) is 12.1 Å². The smallest absolute Gasteiger partial charge is 0.338 e. The molecule has 0 aliphatic rings. The zero-order valence-electron chi connectivity index (χ0n) is 21.7. The van der Waals surface area contributed by atoms with E-state index in [1.54, 1.807) is 72.8 Å². The minimum atomic E-state index is -1.31. The largest absolute Gasteiger partial charge is 0.480 e. The number of aromatic nitrogens is 2. The van der Waals surface area contributed by atoms with E-state index in [1.807, 2.05) is 0 Å². The Morgan fingerprint density at radius 2 is 1.60 bits per heavy atom. The van der Waals surface area contributed by atoms with Crippen molar-refractivity contribution < 1.29 is 23.9 Å². The summed E-state index contributed by atoms with van der Waals surface area (Å²) in [4.78, 5) is 51.2. The van der Waals surface area contributed by atoms with Crippen molar-refractivity contribution in [1.29, 1.82) is 0 Å². The summed E-state index contributed by atoms with van der Waals surface area (Å²) in [5.41, 5.74) is 6.86. The number of methoxy groups -OCH3 is 1. The number of carbonyl (C=O) groups excluding carboxylic acids is 3. The molecule has 1 heterocycles. The van der Waals surface area contributed by atoms with Crippen LogP contribution in [0.15, 0.2) is 89.7 Å². The van der Waals surface area contributed by atoms with Crippen LogP contribution in [0.1, 0.15) is 51.8 Å². The number of carbonyl (C=O) groups is 3. The third-order valence-corrected chi connectivity index (χ3v) is 6.49. The molecule has 2 N–H and O–H groups in total. The Hall–Kier alpha value is -4.76. The summed E-state index contributed by atoms with van der Waals surface area (Å²) >= 11 is 6.17. The predicted octanol–water partition coefficient (Wildman–Crippen LogP) is 4.79. The Morgan fingerprint density at radius 3 is 2.20 bits per heavy atom. The molecule has 0 spiro atoms. The summed E-state index contributed by atoms with van der Waals surface area (Å²) in [6.07, 6.45) is -1.12. The molecule has 1 amide bonds. The van der Waals surface area contributed by atoms with Crippen molar-refractivity contribution in [2.45, 2.75) is 25.5 Å². The number of hydrogen-bond donors (Lipinski definition) is 1. The number of Topliss-reactive ketones (excluding diaryl/α,β-unsaturated/α-hetero) is 1. The third kappa shape index (κ3) is 6.27. The maximum Gasteiger partial charge on any atom is 0.338 e. The van der Waals surface area contributed by atoms with E-state index in [2.05, 4.69) is 5.10 Å². The molecular weight excluding hydrogens is 534 g/mol. The van der Waals surface area contributed by atoms with Gasteiger partial charge in [-0.2, -0.15) is 0 Å². The maximum absolute atomic E-state index is 13.4. The van der Waals surface area contributed by atoms with Crippen molar-refractivity contribution in [1.82, 2.24) is 9.78 Å². The van der Waals surface area contributed by atoms with Crippen LogP contribution in [0.3, 0.4) is 0 Å². The highest BCUT2D eigenvalue weighted by molar-refractivity contribution is 6.31. The minimum Gasteiger partial charge on any atom is -0.480 e. The highest BCUT2D eigenvalue weighted by Crippen LogP contribution is 2.34. The summed E-state index contributed by atoms with van der Waals surface area (Å²) in [7, 11) is 1.34. The SMILES string of the molecule is COc1nn([C@@H](CC(OC(=O)c2ccccc2)c2ccccc2)C(N)=O)c(=O)cc1-c1cc(Cl)ccc1C(C)=O. The van der Waals surface area contributed by atoms with E-state index in [9.17, 15) is 19.2 Å². The second-order valence-corrected chi connectivity index (χ2v) is 9.36. The summed E-state index contributed by atoms with van der Waals surface area (Å²) in [6, 6.07) is 21.7. The van der Waals surface area contributed by atoms with Crippen molar-refractivity contribution in [2.24, 2.45) is 5.73 Å². The molecule has 3 aromatic carbocycles. The van der Waals surface area contributed by atoms with Gasteiger partial charge in [-0.1, -0.05) is 60.1 Å². The van der Waals surface area contributed by atoms with Gasteiger partial charge in [0.25, 0.3) is 5.56 Å². The van der Waals surface area contributed by atoms with Crippen LogP contribution in [0.5, 0.6) is 5.88 Å². The van der Waals surface area contributed by atoms with Gasteiger partial charge in [0.2, 0.25) is 11.8 Å². The Labute approximate surface area is 235 Å². The Kier molecular flexibility index (Phi) is 8.76. The average Bonchev–Trinajstić information content (AvgIpc) is 2.95. The van der Waals surface area contributed by atoms with Crippen molar-refractivity contribution in [2.75, 3.05) is 7.11 Å². The third-order valence-electron chi connectivity index (χ3n) is 6.26. The van der Waals surface area contributed by atoms with Gasteiger partial charge in [0.15, 0.2) is 5.78 Å². The molecule has 4 rings (SSSR count). The first-order valence-electron chi connectivity index (χ1n) is 12.3. The summed E-state index contributed by atoms with van der Waals surface area (Å²) in [5.74, 6) is -1.76. The molecule has 4 aromatic rings. The molecule has 0 fully saturated rings. The summed E-state index contributed by atoms with van der Waals surface area (Å²) < 4.78 is 12.1. The molecule has 0 bridgehead atoms. The van der Waals surface area contributed by atoms with E-state index < -0.39 is 29.6 Å². The average molecular weight is 560 g/mol. The number of esters is 1. The van der Waals surface area contributed by atoms with Crippen LogP contribution in [0.2, 0.25) is 5.02 Å². The fourth-order valence-corrected chi connectivity index (χ4v) is 4.47. The normalized spacial score (nSPS) is 12.3. The number of benzene rings is 3. The molecular formula is C30H26ClN3O6. The Bertz CT molecular complexity index is 1610. The molecule has 1 unspecified atom stereocenters. The number of rotatable bonds is 10. The number of nitrogens with zero attached hydrogens (tertiary/aromatic N) is 2. The van der Waals surface area contributed by atoms with Gasteiger partial charge in [-0.15, -0.1) is 5.10 Å². The van der Waals surface area contributed by atoms with Gasteiger partial charge in [-0.3, -0.25) is 14.4 Å². The lowest BCUT2D eigenvalue weighted by atomic mass is 9.98. The molecule has 10 heteroatoms. The van der Waals surface area contributed by atoms with Gasteiger partial charge in [-0.25, -0.2) is 9.48 Å². The quantitative estimate of drug-likeness (QED) is 0.218. The second kappa shape index (κ2) is 12.4. The molecule has 2 atom stereocenters. The van der Waals surface area contributed by atoms with E-state index in [1.165, 1.54) is 26.2 Å². The molecule has 204 valence electrons. The van der Waals surface area contributed by atoms with Crippen LogP contribution in [-0.2, 0) is 9.53 Å². The lowest BCUT2D eigenvalue weighted by molar-refractivity contribution is -0.122. The topological polar surface area (TPSA) is 131 Å². The highest BCUT2D eigenvalue weighted by atomic mass is 35.5. The summed E-state index contributed by atoms with van der Waals surface area (Å²) in [5, 5.41) is 4.63. The monoisotopic (exact) mass is 559 g/mol. The molecule has 0 saturated carbocycles. The number of halogens is 1. The van der Waals surface area contributed by atoms with Crippen LogP contribution in [0, 0.1) is 0 Å². The second-order valence-electron chi connectivity index (χ2n) is 8.92. The molecule has 0 aliphatic carbocycles. The van der Waals surface area contributed by atoms with Gasteiger partial charge >= 0.3 is 5.97 Å². The van der Waals surface area contributed by atoms with Gasteiger partial charge in [0, 0.05) is 23.1 Å². The van der Waals surface area contributed by atoms with Crippen LogP contribution in [0.4, 0.5) is 0 Å². The highest BCUT2D eigenvalue weighted by Gasteiger charge is 2.30. The molecule has 40 heavy (non-hydrogen) atoms. The van der Waals surface area contributed by atoms with E-state index in [0.717, 1.165) is 4.68 Å². The van der Waals surface area contributed by atoms with Crippen molar-refractivity contribution >= 4 is 29.3 Å². The maximum atomic E-state index is 13.4. The number of ether oxygens (including phenoxy) is 2. The van der Waals surface area contributed by atoms with Gasteiger partial charge in [-0.05, 0) is 48.4 Å². The van der Waals surface area contributed by atoms with E-state index in [-0.39, 0.29) is 23.6 Å². The Balaban J connectivity index is 1.77. The molecule has 9 nitrogen and oxygen atoms in total. The first kappa shape index (κ1) is 28.3. The van der Waals surface area contributed by atoms with Crippen molar-refractivity contribution in [3.05, 3.63) is 117 Å². The van der Waals surface area contributed by atoms with E-state index >= 15 is 0 Å². The standard InChI is InChI=1S/C30H26ClN3O6/c1-18(35)22-14-13-21(31)15-23(22)24-16-27(36)34(33-29(24)39-2)25(28(32)37)17-26(19-9-5-3-6-10-19)40-30(38)20-11-7-4-8-12-20/h3-16,25-26H,17H2,1-2H3,(H2,32,37)/t25-,26?/m0/s1. The van der Waals surface area contributed by atoms with E-state index in [4.69, 9.17) is 26.8 Å². The van der Waals surface area contributed by atoms with Crippen molar-refractivity contribution in [3.8, 4) is 17.0 Å². The van der Waals surface area contributed by atoms with Crippen LogP contribution >= 0.6 is 11.6 Å². The minimum absolute atomic E-state index is 0.0341. The number of nitrogens with two attached hydrogens (primary N) is 1. The van der Waals surface area contributed by atoms with Crippen LogP contribution < -0.4 is 16.0 Å². The summed E-state index contributed by atoms with van der Waals surface area (Å²) in [6.45, 7) is 1.39. The Morgan fingerprint density at radius 1 is 0.950 bits per heavy atom. The molecule has 0 aliphatic heterocycles. The number of ketones is 1. The first-order chi connectivity index (χ1) is 19.2. The molecule has 1 aromatic heterocycles. The predicted molar refractivity (Wildman–Crippen MR) is 149 cm³/mol. The van der Waals surface area contributed by atoms with Crippen LogP contribution in [0.25, 0.3) is 11.1 Å². The number of amides is 1.